The number of rotatable bonds is 4. The lowest BCUT2D eigenvalue weighted by Crippen LogP contribution is -2.14. The fourth-order valence-corrected chi connectivity index (χ4v) is 3.67. The first kappa shape index (κ1) is 21.4. The molecule has 1 N–H and O–H groups in total. The highest BCUT2D eigenvalue weighted by atomic mass is 35.5. The fourth-order valence-electron chi connectivity index (χ4n) is 3.04. The van der Waals surface area contributed by atoms with Gasteiger partial charge in [-0.25, -0.2) is 9.67 Å². The van der Waals surface area contributed by atoms with Gasteiger partial charge in [0.1, 0.15) is 0 Å². The first-order valence-corrected chi connectivity index (χ1v) is 10.5. The number of aromatic nitrogens is 3. The zero-order valence-corrected chi connectivity index (χ0v) is 18.9. The van der Waals surface area contributed by atoms with Crippen LogP contribution in [0.15, 0.2) is 60.7 Å². The molecule has 0 aliphatic rings. The maximum Gasteiger partial charge on any atom is 0.295 e. The molecule has 1 aromatic heterocycles. The van der Waals surface area contributed by atoms with E-state index in [1.165, 1.54) is 0 Å². The number of anilines is 1. The third-order valence-electron chi connectivity index (χ3n) is 4.67. The van der Waals surface area contributed by atoms with Gasteiger partial charge in [-0.2, -0.15) is 0 Å². The van der Waals surface area contributed by atoms with Crippen molar-refractivity contribution in [3.8, 4) is 17.1 Å². The van der Waals surface area contributed by atoms with Gasteiger partial charge in [0.05, 0.1) is 16.4 Å². The average molecular weight is 472 g/mol. The Labute approximate surface area is 194 Å². The van der Waals surface area contributed by atoms with E-state index in [2.05, 4.69) is 15.4 Å². The minimum absolute atomic E-state index is 0.000722. The van der Waals surface area contributed by atoms with E-state index in [9.17, 15) is 4.79 Å². The van der Waals surface area contributed by atoms with Crippen molar-refractivity contribution in [3.05, 3.63) is 92.7 Å². The smallest absolute Gasteiger partial charge is 0.295 e. The third kappa shape index (κ3) is 4.59. The van der Waals surface area contributed by atoms with E-state index in [1.807, 2.05) is 50.2 Å². The van der Waals surface area contributed by atoms with Crippen molar-refractivity contribution in [1.82, 2.24) is 14.8 Å². The van der Waals surface area contributed by atoms with Gasteiger partial charge >= 0.3 is 0 Å². The van der Waals surface area contributed by atoms with Crippen LogP contribution in [-0.4, -0.2) is 20.7 Å². The number of benzene rings is 3. The Hall–Kier alpha value is -2.86. The zero-order chi connectivity index (χ0) is 22.1. The number of aryl methyl sites for hydroxylation is 2. The van der Waals surface area contributed by atoms with Crippen LogP contribution in [-0.2, 0) is 0 Å². The summed E-state index contributed by atoms with van der Waals surface area (Å²) in [5.41, 5.74) is 3.95. The number of amides is 1. The molecule has 3 aromatic carbocycles. The van der Waals surface area contributed by atoms with Crippen LogP contribution in [0.4, 0.5) is 5.69 Å². The van der Waals surface area contributed by atoms with Crippen LogP contribution in [0, 0.1) is 13.8 Å². The van der Waals surface area contributed by atoms with Crippen LogP contribution in [0.25, 0.3) is 17.1 Å². The van der Waals surface area contributed by atoms with Crippen LogP contribution in [0.2, 0.25) is 15.1 Å². The van der Waals surface area contributed by atoms with E-state index in [4.69, 9.17) is 34.8 Å². The van der Waals surface area contributed by atoms with Gasteiger partial charge in [-0.3, -0.25) is 4.79 Å². The summed E-state index contributed by atoms with van der Waals surface area (Å²) in [6, 6.07) is 18.2. The number of hydrogen-bond donors (Lipinski definition) is 1. The van der Waals surface area contributed by atoms with Crippen molar-refractivity contribution in [1.29, 1.82) is 0 Å². The molecule has 0 radical (unpaired) electrons. The molecule has 4 aromatic rings. The highest BCUT2D eigenvalue weighted by Gasteiger charge is 2.20. The molecule has 0 bridgehead atoms. The molecule has 0 atom stereocenters. The van der Waals surface area contributed by atoms with Gasteiger partial charge in [0.25, 0.3) is 5.91 Å². The van der Waals surface area contributed by atoms with E-state index in [-0.39, 0.29) is 5.82 Å². The predicted molar refractivity (Wildman–Crippen MR) is 126 cm³/mol. The molecule has 156 valence electrons. The van der Waals surface area contributed by atoms with E-state index < -0.39 is 5.91 Å². The third-order valence-corrected chi connectivity index (χ3v) is 5.62. The lowest BCUT2D eigenvalue weighted by molar-refractivity contribution is 0.101. The molecule has 4 rings (SSSR count). The van der Waals surface area contributed by atoms with Gasteiger partial charge in [-0.05, 0) is 55.8 Å². The van der Waals surface area contributed by atoms with Crippen LogP contribution >= 0.6 is 34.8 Å². The van der Waals surface area contributed by atoms with Gasteiger partial charge in [0, 0.05) is 15.6 Å². The summed E-state index contributed by atoms with van der Waals surface area (Å²) >= 11 is 18.4. The monoisotopic (exact) mass is 470 g/mol. The van der Waals surface area contributed by atoms with Gasteiger partial charge in [-0.1, -0.05) is 64.6 Å². The molecule has 0 aliphatic heterocycles. The lowest BCUT2D eigenvalue weighted by atomic mass is 10.1. The Morgan fingerprint density at radius 2 is 1.74 bits per heavy atom. The van der Waals surface area contributed by atoms with Crippen molar-refractivity contribution in [2.24, 2.45) is 0 Å². The van der Waals surface area contributed by atoms with E-state index in [1.54, 1.807) is 28.9 Å². The second-order valence-electron chi connectivity index (χ2n) is 7.05. The number of nitrogens with one attached hydrogen (secondary N) is 1. The van der Waals surface area contributed by atoms with Crippen molar-refractivity contribution in [3.63, 3.8) is 0 Å². The molecule has 0 unspecified atom stereocenters. The first-order valence-electron chi connectivity index (χ1n) is 9.39. The molecule has 0 saturated carbocycles. The second kappa shape index (κ2) is 8.71. The molecule has 0 fully saturated rings. The number of halogens is 3. The minimum atomic E-state index is -0.491. The largest absolute Gasteiger partial charge is 0.318 e. The summed E-state index contributed by atoms with van der Waals surface area (Å²) in [5, 5.41) is 8.60. The number of carbonyl (C=O) groups is 1. The SMILES string of the molecule is Cc1cccc(-c2nc(C(=O)Nc3ccc(Cl)cc3Cl)nn2-c2ccc(C)c(Cl)c2)c1. The topological polar surface area (TPSA) is 59.8 Å². The van der Waals surface area contributed by atoms with Crippen molar-refractivity contribution in [2.45, 2.75) is 13.8 Å². The van der Waals surface area contributed by atoms with Gasteiger partial charge < -0.3 is 5.32 Å². The highest BCUT2D eigenvalue weighted by Crippen LogP contribution is 2.27. The summed E-state index contributed by atoms with van der Waals surface area (Å²) < 4.78 is 1.61. The number of nitrogens with zero attached hydrogens (tertiary/aromatic N) is 3. The Kier molecular flexibility index (Phi) is 6.01. The quantitative estimate of drug-likeness (QED) is 0.357. The van der Waals surface area contributed by atoms with Crippen molar-refractivity contribution in [2.75, 3.05) is 5.32 Å². The fraction of sp³-hybridized carbons (Fsp3) is 0.0870. The van der Waals surface area contributed by atoms with Crippen molar-refractivity contribution < 1.29 is 4.79 Å². The van der Waals surface area contributed by atoms with Gasteiger partial charge in [0.2, 0.25) is 5.82 Å². The summed E-state index contributed by atoms with van der Waals surface area (Å²) in [6.07, 6.45) is 0. The Balaban J connectivity index is 1.78. The van der Waals surface area contributed by atoms with Crippen molar-refractivity contribution >= 4 is 46.4 Å². The molecule has 8 heteroatoms. The first-order chi connectivity index (χ1) is 14.8. The number of carbonyl (C=O) groups excluding carboxylic acids is 1. The Morgan fingerprint density at radius 3 is 2.45 bits per heavy atom. The Morgan fingerprint density at radius 1 is 0.935 bits per heavy atom. The van der Waals surface area contributed by atoms with Crippen LogP contribution in [0.3, 0.4) is 0 Å². The van der Waals surface area contributed by atoms with E-state index in [0.29, 0.717) is 32.3 Å². The summed E-state index contributed by atoms with van der Waals surface area (Å²) in [7, 11) is 0. The molecule has 1 heterocycles. The molecule has 5 nitrogen and oxygen atoms in total. The van der Waals surface area contributed by atoms with Gasteiger partial charge in [-0.15, -0.1) is 5.10 Å². The molecule has 1 amide bonds. The van der Waals surface area contributed by atoms with E-state index >= 15 is 0 Å². The summed E-state index contributed by atoms with van der Waals surface area (Å²) in [6.45, 7) is 3.91. The normalized spacial score (nSPS) is 10.9. The maximum absolute atomic E-state index is 12.9. The zero-order valence-electron chi connectivity index (χ0n) is 16.7. The average Bonchev–Trinajstić information content (AvgIpc) is 3.18. The molecular weight excluding hydrogens is 455 g/mol. The van der Waals surface area contributed by atoms with E-state index in [0.717, 1.165) is 16.7 Å². The minimum Gasteiger partial charge on any atom is -0.318 e. The standard InChI is InChI=1S/C23H17Cl3N4O/c1-13-4-3-5-15(10-13)22-28-21(23(31)27-20-9-7-16(24)11-19(20)26)29-30(22)17-8-6-14(2)18(25)12-17/h3-12H,1-2H3,(H,27,31). The maximum atomic E-state index is 12.9. The summed E-state index contributed by atoms with van der Waals surface area (Å²) in [4.78, 5) is 17.4. The van der Waals surface area contributed by atoms with Crippen LogP contribution in [0.5, 0.6) is 0 Å². The van der Waals surface area contributed by atoms with Crippen LogP contribution in [0.1, 0.15) is 21.7 Å². The number of hydrogen-bond acceptors (Lipinski definition) is 3. The van der Waals surface area contributed by atoms with Gasteiger partial charge in [0.15, 0.2) is 5.82 Å². The molecular formula is C23H17Cl3N4O. The Bertz CT molecular complexity index is 1300. The molecule has 0 aliphatic carbocycles. The molecule has 31 heavy (non-hydrogen) atoms. The highest BCUT2D eigenvalue weighted by molar-refractivity contribution is 6.36. The lowest BCUT2D eigenvalue weighted by Gasteiger charge is -2.08. The van der Waals surface area contributed by atoms with Crippen LogP contribution < -0.4 is 5.32 Å². The summed E-state index contributed by atoms with van der Waals surface area (Å²) in [5.74, 6) is 0.0327. The second-order valence-corrected chi connectivity index (χ2v) is 8.30. The molecule has 0 saturated heterocycles. The molecule has 0 spiro atoms. The predicted octanol–water partition coefficient (Wildman–Crippen LogP) is 6.76.